The molecule has 1 saturated heterocycles. The molecule has 0 aromatic heterocycles. The fraction of sp³-hybridized carbons (Fsp3) is 0.364. The predicted molar refractivity (Wildman–Crippen MR) is 115 cm³/mol. The number of benzene rings is 2. The summed E-state index contributed by atoms with van der Waals surface area (Å²) >= 11 is 3.48. The van der Waals surface area contributed by atoms with Crippen LogP contribution in [0.5, 0.6) is 0 Å². The zero-order valence-electron chi connectivity index (χ0n) is 16.4. The molecule has 5 nitrogen and oxygen atoms in total. The third kappa shape index (κ3) is 5.66. The van der Waals surface area contributed by atoms with Crippen molar-refractivity contribution in [3.8, 4) is 0 Å². The van der Waals surface area contributed by atoms with Gasteiger partial charge in [0.25, 0.3) is 0 Å². The first kappa shape index (κ1) is 20.6. The fourth-order valence-corrected chi connectivity index (χ4v) is 3.85. The van der Waals surface area contributed by atoms with Gasteiger partial charge >= 0.3 is 0 Å². The maximum Gasteiger partial charge on any atom is 0.238 e. The molecule has 28 heavy (non-hydrogen) atoms. The van der Waals surface area contributed by atoms with Gasteiger partial charge in [-0.15, -0.1) is 0 Å². The molecule has 3 rings (SSSR count). The number of nitrogens with one attached hydrogen (secondary N) is 1. The molecule has 0 spiro atoms. The van der Waals surface area contributed by atoms with E-state index in [0.29, 0.717) is 39.1 Å². The van der Waals surface area contributed by atoms with Gasteiger partial charge in [0.05, 0.1) is 18.7 Å². The summed E-state index contributed by atoms with van der Waals surface area (Å²) in [6.45, 7) is 7.12. The van der Waals surface area contributed by atoms with Gasteiger partial charge in [-0.25, -0.2) is 0 Å². The van der Waals surface area contributed by atoms with Crippen molar-refractivity contribution < 1.29 is 9.59 Å². The number of piperazine rings is 1. The minimum Gasteiger partial charge on any atom is -0.340 e. The highest BCUT2D eigenvalue weighted by atomic mass is 79.9. The third-order valence-corrected chi connectivity index (χ3v) is 5.62. The number of hydrogen-bond acceptors (Lipinski definition) is 3. The zero-order chi connectivity index (χ0) is 20.1. The van der Waals surface area contributed by atoms with E-state index in [-0.39, 0.29) is 11.8 Å². The number of nitrogens with zero attached hydrogens (tertiary/aromatic N) is 2. The van der Waals surface area contributed by atoms with E-state index in [1.54, 1.807) is 0 Å². The Hall–Kier alpha value is -2.18. The molecule has 0 saturated carbocycles. The van der Waals surface area contributed by atoms with Gasteiger partial charge < -0.3 is 10.2 Å². The zero-order valence-corrected chi connectivity index (χ0v) is 18.0. The van der Waals surface area contributed by atoms with Gasteiger partial charge in [0, 0.05) is 30.7 Å². The highest BCUT2D eigenvalue weighted by molar-refractivity contribution is 9.10. The van der Waals surface area contributed by atoms with E-state index in [1.807, 2.05) is 61.2 Å². The number of anilines is 1. The Morgan fingerprint density at radius 1 is 0.964 bits per heavy atom. The highest BCUT2D eigenvalue weighted by Gasteiger charge is 2.22. The lowest BCUT2D eigenvalue weighted by Gasteiger charge is -2.34. The Balaban J connectivity index is 1.45. The maximum atomic E-state index is 12.5. The highest BCUT2D eigenvalue weighted by Crippen LogP contribution is 2.23. The Kier molecular flexibility index (Phi) is 6.86. The molecule has 6 heteroatoms. The summed E-state index contributed by atoms with van der Waals surface area (Å²) in [6, 6.07) is 13.9. The Bertz CT molecular complexity index is 843. The molecule has 0 atom stereocenters. The molecule has 1 aliphatic heterocycles. The molecule has 1 fully saturated rings. The van der Waals surface area contributed by atoms with Gasteiger partial charge in [-0.1, -0.05) is 35.9 Å². The summed E-state index contributed by atoms with van der Waals surface area (Å²) < 4.78 is 0.882. The lowest BCUT2D eigenvalue weighted by molar-refractivity contribution is -0.132. The number of amides is 2. The van der Waals surface area contributed by atoms with Crippen LogP contribution in [0.2, 0.25) is 0 Å². The van der Waals surface area contributed by atoms with Crippen molar-refractivity contribution in [3.05, 3.63) is 63.6 Å². The minimum atomic E-state index is -0.0380. The summed E-state index contributed by atoms with van der Waals surface area (Å²) in [6.07, 6.45) is 0.433. The molecule has 2 aromatic carbocycles. The summed E-state index contributed by atoms with van der Waals surface area (Å²) in [5, 5.41) is 2.95. The number of carbonyl (C=O) groups excluding carboxylic acids is 2. The first-order valence-corrected chi connectivity index (χ1v) is 10.3. The topological polar surface area (TPSA) is 52.7 Å². The fourth-order valence-electron chi connectivity index (χ4n) is 3.26. The molecule has 0 unspecified atom stereocenters. The Morgan fingerprint density at radius 3 is 2.25 bits per heavy atom. The summed E-state index contributed by atoms with van der Waals surface area (Å²) in [4.78, 5) is 28.8. The molecular weight excluding hydrogens is 418 g/mol. The van der Waals surface area contributed by atoms with E-state index in [1.165, 1.54) is 5.56 Å². The van der Waals surface area contributed by atoms with Crippen LogP contribution in [0.4, 0.5) is 5.69 Å². The molecule has 1 aliphatic rings. The van der Waals surface area contributed by atoms with Crippen LogP contribution in [0.15, 0.2) is 46.9 Å². The minimum absolute atomic E-state index is 0.0380. The van der Waals surface area contributed by atoms with Crippen LogP contribution in [0.1, 0.15) is 16.7 Å². The largest absolute Gasteiger partial charge is 0.340 e. The van der Waals surface area contributed by atoms with Gasteiger partial charge in [-0.05, 0) is 53.0 Å². The van der Waals surface area contributed by atoms with E-state index in [4.69, 9.17) is 0 Å². The van der Waals surface area contributed by atoms with E-state index in [9.17, 15) is 9.59 Å². The summed E-state index contributed by atoms with van der Waals surface area (Å²) in [7, 11) is 0. The van der Waals surface area contributed by atoms with Gasteiger partial charge in [-0.2, -0.15) is 0 Å². The number of carbonyl (C=O) groups is 2. The Labute approximate surface area is 174 Å². The van der Waals surface area contributed by atoms with Crippen LogP contribution in [-0.4, -0.2) is 54.3 Å². The lowest BCUT2D eigenvalue weighted by Crippen LogP contribution is -2.50. The van der Waals surface area contributed by atoms with Gasteiger partial charge in [0.1, 0.15) is 0 Å². The molecule has 1 heterocycles. The van der Waals surface area contributed by atoms with Crippen molar-refractivity contribution in [2.45, 2.75) is 20.3 Å². The van der Waals surface area contributed by atoms with Crippen LogP contribution in [-0.2, 0) is 16.0 Å². The van der Waals surface area contributed by atoms with Crippen molar-refractivity contribution in [3.63, 3.8) is 0 Å². The van der Waals surface area contributed by atoms with Gasteiger partial charge in [-0.3, -0.25) is 14.5 Å². The maximum absolute atomic E-state index is 12.5. The molecule has 148 valence electrons. The number of hydrogen-bond donors (Lipinski definition) is 1. The predicted octanol–water partition coefficient (Wildman–Crippen LogP) is 3.39. The van der Waals surface area contributed by atoms with Crippen molar-refractivity contribution in [1.29, 1.82) is 0 Å². The summed E-state index contributed by atoms with van der Waals surface area (Å²) in [5.41, 5.74) is 4.15. The average molecular weight is 444 g/mol. The SMILES string of the molecule is Cc1ccc(CC(=O)N2CCN(CC(=O)Nc3ccc(C)cc3Br)CC2)cc1. The van der Waals surface area contributed by atoms with Crippen LogP contribution in [0.3, 0.4) is 0 Å². The van der Waals surface area contributed by atoms with E-state index in [0.717, 1.165) is 21.3 Å². The molecule has 1 N–H and O–H groups in total. The number of aryl methyl sites for hydroxylation is 2. The van der Waals surface area contributed by atoms with Crippen LogP contribution in [0.25, 0.3) is 0 Å². The average Bonchev–Trinajstić information content (AvgIpc) is 2.66. The third-order valence-electron chi connectivity index (χ3n) is 4.97. The van der Waals surface area contributed by atoms with Crippen molar-refractivity contribution >= 4 is 33.4 Å². The molecular formula is C22H26BrN3O2. The molecule has 2 amide bonds. The second-order valence-corrected chi connectivity index (χ2v) is 8.21. The smallest absolute Gasteiger partial charge is 0.238 e. The van der Waals surface area contributed by atoms with Gasteiger partial charge in [0.15, 0.2) is 0 Å². The standard InChI is InChI=1S/C22H26BrN3O2/c1-16-3-6-18(7-4-16)14-22(28)26-11-9-25(10-12-26)15-21(27)24-20-8-5-17(2)13-19(20)23/h3-8,13H,9-12,14-15H2,1-2H3,(H,24,27). The summed E-state index contributed by atoms with van der Waals surface area (Å²) in [5.74, 6) is 0.112. The van der Waals surface area contributed by atoms with E-state index in [2.05, 4.69) is 26.1 Å². The second-order valence-electron chi connectivity index (χ2n) is 7.35. The van der Waals surface area contributed by atoms with Crippen LogP contribution < -0.4 is 5.32 Å². The van der Waals surface area contributed by atoms with E-state index >= 15 is 0 Å². The van der Waals surface area contributed by atoms with Crippen molar-refractivity contribution in [2.75, 3.05) is 38.0 Å². The van der Waals surface area contributed by atoms with E-state index < -0.39 is 0 Å². The van der Waals surface area contributed by atoms with Gasteiger partial charge in [0.2, 0.25) is 11.8 Å². The quantitative estimate of drug-likeness (QED) is 0.770. The lowest BCUT2D eigenvalue weighted by atomic mass is 10.1. The number of rotatable bonds is 5. The van der Waals surface area contributed by atoms with Crippen LogP contribution >= 0.6 is 15.9 Å². The Morgan fingerprint density at radius 2 is 1.61 bits per heavy atom. The van der Waals surface area contributed by atoms with Crippen molar-refractivity contribution in [2.24, 2.45) is 0 Å². The molecule has 0 radical (unpaired) electrons. The molecule has 0 aliphatic carbocycles. The second kappa shape index (κ2) is 9.34. The van der Waals surface area contributed by atoms with Crippen molar-refractivity contribution in [1.82, 2.24) is 9.80 Å². The first-order valence-electron chi connectivity index (χ1n) is 9.52. The monoisotopic (exact) mass is 443 g/mol. The molecule has 0 bridgehead atoms. The first-order chi connectivity index (χ1) is 13.4. The normalized spacial score (nSPS) is 14.8. The molecule has 2 aromatic rings. The number of halogens is 1. The van der Waals surface area contributed by atoms with Crippen LogP contribution in [0, 0.1) is 13.8 Å².